The van der Waals surface area contributed by atoms with Crippen LogP contribution in [-0.4, -0.2) is 58.9 Å². The van der Waals surface area contributed by atoms with E-state index in [0.717, 1.165) is 5.56 Å². The molecule has 24 heavy (non-hydrogen) atoms. The quantitative estimate of drug-likeness (QED) is 0.878. The van der Waals surface area contributed by atoms with E-state index < -0.39 is 17.4 Å². The third kappa shape index (κ3) is 3.13. The summed E-state index contributed by atoms with van der Waals surface area (Å²) in [7, 11) is 1.74. The Morgan fingerprint density at radius 1 is 1.21 bits per heavy atom. The molecule has 1 aliphatic heterocycles. The van der Waals surface area contributed by atoms with Crippen LogP contribution in [0.3, 0.4) is 0 Å². The van der Waals surface area contributed by atoms with Crippen LogP contribution in [0, 0.1) is 5.41 Å². The van der Waals surface area contributed by atoms with E-state index in [1.807, 2.05) is 30.3 Å². The summed E-state index contributed by atoms with van der Waals surface area (Å²) < 4.78 is 0. The maximum atomic E-state index is 12.7. The first-order chi connectivity index (χ1) is 11.4. The predicted octanol–water partition coefficient (Wildman–Crippen LogP) is 1.15. The summed E-state index contributed by atoms with van der Waals surface area (Å²) in [6.07, 6.45) is 1.53. The first-order valence-corrected chi connectivity index (χ1v) is 8.25. The Bertz CT molecular complexity index is 654. The number of carbonyl (C=O) groups excluding carboxylic acids is 2. The highest BCUT2D eigenvalue weighted by Gasteiger charge is 2.53. The monoisotopic (exact) mass is 330 g/mol. The van der Waals surface area contributed by atoms with Crippen molar-refractivity contribution in [2.24, 2.45) is 5.41 Å². The SMILES string of the molecule is CN1CCN(C(=O)CC2(C(=O)O)CC2)C(Cc2ccccc2)C1=O. The zero-order valence-corrected chi connectivity index (χ0v) is 13.8. The zero-order valence-electron chi connectivity index (χ0n) is 13.8. The van der Waals surface area contributed by atoms with E-state index in [1.165, 1.54) is 0 Å². The zero-order chi connectivity index (χ0) is 17.3. The van der Waals surface area contributed by atoms with Crippen molar-refractivity contribution in [2.45, 2.75) is 31.7 Å². The molecule has 0 radical (unpaired) electrons. The molecule has 1 saturated heterocycles. The molecule has 0 bridgehead atoms. The Morgan fingerprint density at radius 3 is 2.46 bits per heavy atom. The fourth-order valence-corrected chi connectivity index (χ4v) is 3.25. The second-order valence-corrected chi connectivity index (χ2v) is 6.81. The van der Waals surface area contributed by atoms with Gasteiger partial charge in [-0.15, -0.1) is 0 Å². The summed E-state index contributed by atoms with van der Waals surface area (Å²) in [6.45, 7) is 0.935. The van der Waals surface area contributed by atoms with E-state index in [0.29, 0.717) is 32.4 Å². The van der Waals surface area contributed by atoms with Gasteiger partial charge in [0.05, 0.1) is 5.41 Å². The Balaban J connectivity index is 1.77. The number of aliphatic carboxylic acids is 1. The van der Waals surface area contributed by atoms with Gasteiger partial charge in [0, 0.05) is 33.0 Å². The highest BCUT2D eigenvalue weighted by Crippen LogP contribution is 2.49. The van der Waals surface area contributed by atoms with Gasteiger partial charge in [0.1, 0.15) is 6.04 Å². The van der Waals surface area contributed by atoms with Gasteiger partial charge in [-0.1, -0.05) is 30.3 Å². The molecule has 6 heteroatoms. The summed E-state index contributed by atoms with van der Waals surface area (Å²) in [4.78, 5) is 39.8. The minimum absolute atomic E-state index is 0.00931. The number of carbonyl (C=O) groups is 3. The van der Waals surface area contributed by atoms with E-state index in [4.69, 9.17) is 0 Å². The van der Waals surface area contributed by atoms with Crippen molar-refractivity contribution in [1.29, 1.82) is 0 Å². The fourth-order valence-electron chi connectivity index (χ4n) is 3.25. The lowest BCUT2D eigenvalue weighted by atomic mass is 9.97. The van der Waals surface area contributed by atoms with Crippen molar-refractivity contribution < 1.29 is 19.5 Å². The maximum absolute atomic E-state index is 12.7. The van der Waals surface area contributed by atoms with E-state index in [2.05, 4.69) is 0 Å². The van der Waals surface area contributed by atoms with Crippen molar-refractivity contribution in [3.8, 4) is 0 Å². The normalized spacial score (nSPS) is 22.4. The average Bonchev–Trinajstić information content (AvgIpc) is 3.34. The molecule has 1 atom stereocenters. The molecule has 1 heterocycles. The molecular weight excluding hydrogens is 308 g/mol. The van der Waals surface area contributed by atoms with Crippen molar-refractivity contribution >= 4 is 17.8 Å². The van der Waals surface area contributed by atoms with Gasteiger partial charge in [-0.2, -0.15) is 0 Å². The summed E-state index contributed by atoms with van der Waals surface area (Å²) in [5.41, 5.74) is 0.0872. The van der Waals surface area contributed by atoms with Gasteiger partial charge in [-0.25, -0.2) is 0 Å². The summed E-state index contributed by atoms with van der Waals surface area (Å²) in [5, 5.41) is 9.30. The maximum Gasteiger partial charge on any atom is 0.310 e. The number of nitrogens with zero attached hydrogens (tertiary/aromatic N) is 2. The molecule has 1 N–H and O–H groups in total. The topological polar surface area (TPSA) is 77.9 Å². The fraction of sp³-hybridized carbons (Fsp3) is 0.500. The molecule has 2 fully saturated rings. The van der Waals surface area contributed by atoms with Gasteiger partial charge in [-0.05, 0) is 18.4 Å². The van der Waals surface area contributed by atoms with Crippen LogP contribution in [-0.2, 0) is 20.8 Å². The standard InChI is InChI=1S/C18H22N2O4/c1-19-9-10-20(15(21)12-18(7-8-18)17(23)24)14(16(19)22)11-13-5-3-2-4-6-13/h2-6,14H,7-12H2,1H3,(H,23,24). The largest absolute Gasteiger partial charge is 0.481 e. The van der Waals surface area contributed by atoms with Crippen LogP contribution < -0.4 is 0 Å². The van der Waals surface area contributed by atoms with Crippen LogP contribution in [0.25, 0.3) is 0 Å². The Morgan fingerprint density at radius 2 is 1.88 bits per heavy atom. The second kappa shape index (κ2) is 6.26. The van der Waals surface area contributed by atoms with Gasteiger partial charge < -0.3 is 14.9 Å². The minimum atomic E-state index is -0.907. The second-order valence-electron chi connectivity index (χ2n) is 6.81. The van der Waals surface area contributed by atoms with Crippen LogP contribution in [0.5, 0.6) is 0 Å². The van der Waals surface area contributed by atoms with Crippen LogP contribution in [0.4, 0.5) is 0 Å². The van der Waals surface area contributed by atoms with Crippen molar-refractivity contribution in [3.63, 3.8) is 0 Å². The van der Waals surface area contributed by atoms with E-state index >= 15 is 0 Å². The first-order valence-electron chi connectivity index (χ1n) is 8.25. The summed E-state index contributed by atoms with van der Waals surface area (Å²) in [5.74, 6) is -1.22. The van der Waals surface area contributed by atoms with Gasteiger partial charge in [0.2, 0.25) is 11.8 Å². The third-order valence-corrected chi connectivity index (χ3v) is 5.10. The number of carboxylic acids is 1. The number of hydrogen-bond donors (Lipinski definition) is 1. The molecule has 1 aliphatic carbocycles. The number of amides is 2. The van der Waals surface area contributed by atoms with Gasteiger partial charge in [-0.3, -0.25) is 14.4 Å². The van der Waals surface area contributed by atoms with Gasteiger partial charge in [0.25, 0.3) is 0 Å². The lowest BCUT2D eigenvalue weighted by Gasteiger charge is -2.39. The molecule has 1 saturated carbocycles. The van der Waals surface area contributed by atoms with Crippen molar-refractivity contribution in [2.75, 3.05) is 20.1 Å². The smallest absolute Gasteiger partial charge is 0.310 e. The minimum Gasteiger partial charge on any atom is -0.481 e. The summed E-state index contributed by atoms with van der Waals surface area (Å²) in [6, 6.07) is 9.03. The van der Waals surface area contributed by atoms with Gasteiger partial charge in [0.15, 0.2) is 0 Å². The Labute approximate surface area is 141 Å². The molecule has 128 valence electrons. The summed E-state index contributed by atoms with van der Waals surface area (Å²) >= 11 is 0. The number of carboxylic acid groups (broad SMARTS) is 1. The van der Waals surface area contributed by atoms with Crippen LogP contribution in [0.15, 0.2) is 30.3 Å². The predicted molar refractivity (Wildman–Crippen MR) is 87.2 cm³/mol. The van der Waals surface area contributed by atoms with Crippen LogP contribution in [0.2, 0.25) is 0 Å². The first kappa shape index (κ1) is 16.5. The molecule has 0 aromatic heterocycles. The molecule has 2 aliphatic rings. The van der Waals surface area contributed by atoms with Gasteiger partial charge >= 0.3 is 5.97 Å². The lowest BCUT2D eigenvalue weighted by Crippen LogP contribution is -2.58. The lowest BCUT2D eigenvalue weighted by molar-refractivity contribution is -0.153. The molecule has 3 rings (SSSR count). The van der Waals surface area contributed by atoms with Crippen LogP contribution >= 0.6 is 0 Å². The van der Waals surface area contributed by atoms with Crippen LogP contribution in [0.1, 0.15) is 24.8 Å². The highest BCUT2D eigenvalue weighted by molar-refractivity contribution is 5.92. The number of benzene rings is 1. The van der Waals surface area contributed by atoms with E-state index in [1.54, 1.807) is 16.8 Å². The number of rotatable bonds is 5. The number of likely N-dealkylation sites (N-methyl/N-ethyl adjacent to an activating group) is 1. The molecule has 1 aromatic carbocycles. The molecule has 6 nitrogen and oxygen atoms in total. The number of piperazine rings is 1. The molecule has 0 spiro atoms. The Kier molecular flexibility index (Phi) is 4.30. The number of hydrogen-bond acceptors (Lipinski definition) is 3. The molecule has 2 amide bonds. The van der Waals surface area contributed by atoms with E-state index in [9.17, 15) is 19.5 Å². The average molecular weight is 330 g/mol. The molecular formula is C18H22N2O4. The third-order valence-electron chi connectivity index (χ3n) is 5.10. The molecule has 1 unspecified atom stereocenters. The molecule has 1 aromatic rings. The Hall–Kier alpha value is -2.37. The highest BCUT2D eigenvalue weighted by atomic mass is 16.4. The van der Waals surface area contributed by atoms with Crippen molar-refractivity contribution in [3.05, 3.63) is 35.9 Å². The van der Waals surface area contributed by atoms with Crippen molar-refractivity contribution in [1.82, 2.24) is 9.80 Å². The van der Waals surface area contributed by atoms with E-state index in [-0.39, 0.29) is 18.2 Å².